The van der Waals surface area contributed by atoms with Gasteiger partial charge in [0.05, 0.1) is 14.1 Å². The predicted octanol–water partition coefficient (Wildman–Crippen LogP) is -1.07. The van der Waals surface area contributed by atoms with E-state index >= 15 is 0 Å². The van der Waals surface area contributed by atoms with Crippen molar-refractivity contribution in [1.82, 2.24) is 9.13 Å². The van der Waals surface area contributed by atoms with E-state index in [9.17, 15) is 0 Å². The number of fused-ring (bicyclic) bond motifs is 7. The zero-order chi connectivity index (χ0) is 14.8. The summed E-state index contributed by atoms with van der Waals surface area (Å²) in [5, 5.41) is 0. The summed E-state index contributed by atoms with van der Waals surface area (Å²) >= 11 is 0. The monoisotopic (exact) mass is 369 g/mol. The van der Waals surface area contributed by atoms with Crippen molar-refractivity contribution in [1.29, 1.82) is 0 Å². The van der Waals surface area contributed by atoms with Crippen LogP contribution in [0.3, 0.4) is 0 Å². The van der Waals surface area contributed by atoms with E-state index in [1.807, 2.05) is 0 Å². The molecule has 0 unspecified atom stereocenters. The van der Waals surface area contributed by atoms with Crippen LogP contribution in [0.1, 0.15) is 0 Å². The summed E-state index contributed by atoms with van der Waals surface area (Å²) < 4.78 is 9.53. The Labute approximate surface area is 145 Å². The van der Waals surface area contributed by atoms with Crippen LogP contribution in [0.15, 0.2) is 48.5 Å². The normalized spacial score (nSPS) is 13.0. The fourth-order valence-corrected chi connectivity index (χ4v) is 3.96. The summed E-state index contributed by atoms with van der Waals surface area (Å²) in [6.07, 6.45) is 0. The molecule has 0 spiro atoms. The van der Waals surface area contributed by atoms with Crippen LogP contribution >= 0.6 is 0 Å². The van der Waals surface area contributed by atoms with Crippen molar-refractivity contribution in [2.24, 2.45) is 14.1 Å². The number of benzene rings is 2. The van der Waals surface area contributed by atoms with Gasteiger partial charge >= 0.3 is 11.6 Å². The van der Waals surface area contributed by atoms with Crippen LogP contribution in [0.2, 0.25) is 0 Å². The van der Waals surface area contributed by atoms with Crippen molar-refractivity contribution < 1.29 is 26.1 Å². The third-order valence-electron chi connectivity index (χ3n) is 4.96. The van der Waals surface area contributed by atoms with Crippen LogP contribution in [0.5, 0.6) is 0 Å². The van der Waals surface area contributed by atoms with Gasteiger partial charge in [-0.2, -0.15) is 0 Å². The molecule has 116 valence electrons. The maximum atomic E-state index is 2.45. The number of hydrogen-bond donors (Lipinski definition) is 0. The second kappa shape index (κ2) is 4.93. The molecule has 2 aromatic carbocycles. The third-order valence-corrected chi connectivity index (χ3v) is 4.96. The molecule has 1 aliphatic heterocycles. The smallest absolute Gasteiger partial charge is 0.374 e. The van der Waals surface area contributed by atoms with E-state index in [1.54, 1.807) is 0 Å². The average molecular weight is 370 g/mol. The maximum Gasteiger partial charge on any atom is 0.374 e. The van der Waals surface area contributed by atoms with Gasteiger partial charge in [-0.3, -0.25) is 0 Å². The number of nitrogens with zero attached hydrogens (tertiary/aromatic N) is 4. The molecule has 0 N–H and O–H groups in total. The number of imidazole rings is 2. The number of aromatic nitrogens is 4. The molecule has 0 saturated heterocycles. The van der Waals surface area contributed by atoms with E-state index in [1.165, 1.54) is 33.7 Å². The fourth-order valence-electron chi connectivity index (χ4n) is 3.96. The second-order valence-corrected chi connectivity index (χ2v) is 6.05. The molecule has 0 fully saturated rings. The average Bonchev–Trinajstić information content (AvgIpc) is 3.02. The van der Waals surface area contributed by atoms with Crippen LogP contribution in [-0.4, -0.2) is 9.13 Å². The Morgan fingerprint density at radius 2 is 1.09 bits per heavy atom. The Hall–Kier alpha value is -2.14. The Morgan fingerprint density at radius 3 is 1.52 bits per heavy atom. The second-order valence-electron chi connectivity index (χ2n) is 6.05. The number of rotatable bonds is 0. The SMILES string of the molecule is C[n+]1c2n(c3ccccc31)CCn1c-2[n+](C)c2ccccc21.[Br-]. The van der Waals surface area contributed by atoms with E-state index in [2.05, 4.69) is 80.9 Å². The highest BCUT2D eigenvalue weighted by molar-refractivity contribution is 5.78. The third kappa shape index (κ3) is 1.71. The predicted molar refractivity (Wildman–Crippen MR) is 85.2 cm³/mol. The summed E-state index contributed by atoms with van der Waals surface area (Å²) in [6.45, 7) is 2.03. The molecule has 1 aliphatic rings. The molecule has 0 radical (unpaired) electrons. The van der Waals surface area contributed by atoms with Gasteiger partial charge in [0.15, 0.2) is 22.1 Å². The molecule has 4 aromatic rings. The lowest BCUT2D eigenvalue weighted by Gasteiger charge is -2.08. The van der Waals surface area contributed by atoms with E-state index < -0.39 is 0 Å². The first kappa shape index (κ1) is 14.5. The molecule has 0 bridgehead atoms. The fraction of sp³-hybridized carbons (Fsp3) is 0.222. The van der Waals surface area contributed by atoms with Gasteiger partial charge in [-0.05, 0) is 24.3 Å². The van der Waals surface area contributed by atoms with Crippen molar-refractivity contribution in [3.05, 3.63) is 48.5 Å². The van der Waals surface area contributed by atoms with Crippen LogP contribution < -0.4 is 26.1 Å². The van der Waals surface area contributed by atoms with Crippen LogP contribution in [-0.2, 0) is 27.2 Å². The molecular weight excluding hydrogens is 352 g/mol. The maximum absolute atomic E-state index is 2.45. The molecular formula is C18H18BrN4+. The zero-order valence-corrected chi connectivity index (χ0v) is 14.8. The van der Waals surface area contributed by atoms with Gasteiger partial charge in [0, 0.05) is 0 Å². The Kier molecular flexibility index (Phi) is 3.10. The molecule has 5 heteroatoms. The van der Waals surface area contributed by atoms with Gasteiger partial charge in [0.2, 0.25) is 0 Å². The van der Waals surface area contributed by atoms with E-state index in [0.29, 0.717) is 0 Å². The number of aryl methyl sites for hydroxylation is 4. The van der Waals surface area contributed by atoms with Crippen molar-refractivity contribution in [2.75, 3.05) is 0 Å². The largest absolute Gasteiger partial charge is 1.00 e. The highest BCUT2D eigenvalue weighted by Gasteiger charge is 2.39. The first-order chi connectivity index (χ1) is 10.8. The lowest BCUT2D eigenvalue weighted by atomic mass is 10.3. The number of hydrogen-bond acceptors (Lipinski definition) is 0. The minimum absolute atomic E-state index is 0. The van der Waals surface area contributed by atoms with Crippen LogP contribution in [0, 0.1) is 0 Å². The van der Waals surface area contributed by atoms with E-state index in [0.717, 1.165) is 13.1 Å². The Morgan fingerprint density at radius 1 is 0.696 bits per heavy atom. The van der Waals surface area contributed by atoms with Crippen molar-refractivity contribution in [3.8, 4) is 11.6 Å². The summed E-state index contributed by atoms with van der Waals surface area (Å²) in [4.78, 5) is 0. The lowest BCUT2D eigenvalue weighted by molar-refractivity contribution is -0.666. The summed E-state index contributed by atoms with van der Waals surface area (Å²) in [7, 11) is 4.34. The van der Waals surface area contributed by atoms with Gasteiger partial charge in [-0.1, -0.05) is 24.3 Å². The number of halogens is 1. The van der Waals surface area contributed by atoms with Gasteiger partial charge in [-0.25, -0.2) is 18.3 Å². The van der Waals surface area contributed by atoms with Crippen LogP contribution in [0.4, 0.5) is 0 Å². The molecule has 23 heavy (non-hydrogen) atoms. The minimum atomic E-state index is 0. The topological polar surface area (TPSA) is 17.6 Å². The quantitative estimate of drug-likeness (QED) is 0.351. The highest BCUT2D eigenvalue weighted by Crippen LogP contribution is 2.28. The summed E-state index contributed by atoms with van der Waals surface area (Å²) in [5.74, 6) is 2.57. The van der Waals surface area contributed by atoms with Crippen molar-refractivity contribution in [3.63, 3.8) is 0 Å². The zero-order valence-electron chi connectivity index (χ0n) is 13.2. The molecule has 0 amide bonds. The number of para-hydroxylation sites is 4. The minimum Gasteiger partial charge on any atom is -1.00 e. The Bertz CT molecular complexity index is 972. The molecule has 4 nitrogen and oxygen atoms in total. The first-order valence-corrected chi connectivity index (χ1v) is 7.72. The summed E-state index contributed by atoms with van der Waals surface area (Å²) in [6, 6.07) is 17.3. The van der Waals surface area contributed by atoms with Crippen LogP contribution in [0.25, 0.3) is 33.7 Å². The molecule has 5 rings (SSSR count). The van der Waals surface area contributed by atoms with Crippen molar-refractivity contribution >= 4 is 22.1 Å². The lowest BCUT2D eigenvalue weighted by Crippen LogP contribution is -3.00. The van der Waals surface area contributed by atoms with E-state index in [4.69, 9.17) is 0 Å². The van der Waals surface area contributed by atoms with Gasteiger partial charge in [0.25, 0.3) is 0 Å². The van der Waals surface area contributed by atoms with Gasteiger partial charge in [0.1, 0.15) is 13.1 Å². The van der Waals surface area contributed by atoms with E-state index in [-0.39, 0.29) is 17.0 Å². The van der Waals surface area contributed by atoms with Crippen molar-refractivity contribution in [2.45, 2.75) is 13.1 Å². The molecule has 0 saturated carbocycles. The molecule has 3 heterocycles. The molecule has 0 aliphatic carbocycles. The standard InChI is InChI=1S/C18H18N4.BrH/c1-19-13-7-3-5-9-15(13)21-11-12-22-16-10-6-4-8-14(16)20(2)18(22)17(19)21;/h3-10H,11-12H2,1-2H3;1H/q+2;/p-1. The Balaban J connectivity index is 0.00000135. The van der Waals surface area contributed by atoms with Gasteiger partial charge < -0.3 is 17.0 Å². The first-order valence-electron chi connectivity index (χ1n) is 7.72. The molecule has 2 aromatic heterocycles. The molecule has 0 atom stereocenters. The van der Waals surface area contributed by atoms with Gasteiger partial charge in [-0.15, -0.1) is 0 Å². The highest BCUT2D eigenvalue weighted by atomic mass is 79.9. The summed E-state index contributed by atoms with van der Waals surface area (Å²) in [5.41, 5.74) is 5.21.